The van der Waals surface area contributed by atoms with Crippen molar-refractivity contribution in [1.29, 1.82) is 0 Å². The van der Waals surface area contributed by atoms with Gasteiger partial charge in [0.05, 0.1) is 17.5 Å². The quantitative estimate of drug-likeness (QED) is 0.930. The molecule has 0 radical (unpaired) electrons. The van der Waals surface area contributed by atoms with E-state index in [0.717, 1.165) is 12.1 Å². The summed E-state index contributed by atoms with van der Waals surface area (Å²) in [6, 6.07) is 4.55. The van der Waals surface area contributed by atoms with Gasteiger partial charge in [-0.1, -0.05) is 12.1 Å². The van der Waals surface area contributed by atoms with E-state index >= 15 is 0 Å². The molecule has 1 amide bonds. The molecule has 1 heterocycles. The molecule has 5 nitrogen and oxygen atoms in total. The van der Waals surface area contributed by atoms with Crippen molar-refractivity contribution in [2.24, 2.45) is 0 Å². The van der Waals surface area contributed by atoms with Gasteiger partial charge in [0.2, 0.25) is 0 Å². The Hall–Kier alpha value is -2.64. The lowest BCUT2D eigenvalue weighted by Crippen LogP contribution is -2.33. The summed E-state index contributed by atoms with van der Waals surface area (Å²) in [6.07, 6.45) is -3.26. The zero-order chi connectivity index (χ0) is 17.9. The van der Waals surface area contributed by atoms with Gasteiger partial charge in [-0.05, 0) is 26.0 Å². The Morgan fingerprint density at radius 3 is 2.58 bits per heavy atom. The highest BCUT2D eigenvalue weighted by Crippen LogP contribution is 2.31. The summed E-state index contributed by atoms with van der Waals surface area (Å²) in [5, 5.41) is 2.39. The maximum Gasteiger partial charge on any atom is 0.417 e. The number of amides is 1. The molecule has 0 saturated carbocycles. The fourth-order valence-corrected chi connectivity index (χ4v) is 2.15. The van der Waals surface area contributed by atoms with Crippen LogP contribution in [0.2, 0.25) is 0 Å². The van der Waals surface area contributed by atoms with E-state index in [9.17, 15) is 22.8 Å². The third-order valence-electron chi connectivity index (χ3n) is 3.63. The van der Waals surface area contributed by atoms with Crippen LogP contribution in [0.3, 0.4) is 0 Å². The van der Waals surface area contributed by atoms with Gasteiger partial charge in [0, 0.05) is 24.3 Å². The highest BCUT2D eigenvalue weighted by atomic mass is 19.4. The normalized spacial score (nSPS) is 11.4. The molecular weight excluding hydrogens is 323 g/mol. The lowest BCUT2D eigenvalue weighted by molar-refractivity contribution is -0.137. The second-order valence-electron chi connectivity index (χ2n) is 5.25. The number of benzene rings is 1. The van der Waals surface area contributed by atoms with Gasteiger partial charge >= 0.3 is 6.18 Å². The minimum atomic E-state index is -4.61. The molecule has 0 atom stereocenters. The average Bonchev–Trinajstić information content (AvgIpc) is 2.54. The van der Waals surface area contributed by atoms with Crippen molar-refractivity contribution in [3.8, 4) is 0 Å². The topological polar surface area (TPSA) is 64.0 Å². The van der Waals surface area contributed by atoms with Gasteiger partial charge in [-0.15, -0.1) is 0 Å². The number of hydrogen-bond donors (Lipinski definition) is 1. The Morgan fingerprint density at radius 1 is 1.25 bits per heavy atom. The third kappa shape index (κ3) is 3.81. The van der Waals surface area contributed by atoms with Crippen LogP contribution in [0.4, 0.5) is 13.2 Å². The number of rotatable bonds is 4. The van der Waals surface area contributed by atoms with Crippen LogP contribution >= 0.6 is 0 Å². The number of halogens is 3. The summed E-state index contributed by atoms with van der Waals surface area (Å²) in [5.74, 6) is -0.840. The Bertz CT molecular complexity index is 813. The number of carbonyl (C=O) groups is 1. The maximum absolute atomic E-state index is 12.9. The minimum absolute atomic E-state index is 0.00904. The van der Waals surface area contributed by atoms with Crippen LogP contribution in [0.5, 0.6) is 0 Å². The molecule has 0 aliphatic heterocycles. The van der Waals surface area contributed by atoms with E-state index in [4.69, 9.17) is 0 Å². The minimum Gasteiger partial charge on any atom is -0.350 e. The van der Waals surface area contributed by atoms with Crippen molar-refractivity contribution in [2.75, 3.05) is 6.54 Å². The van der Waals surface area contributed by atoms with Gasteiger partial charge in [-0.25, -0.2) is 4.98 Å². The molecule has 0 saturated heterocycles. The van der Waals surface area contributed by atoms with Gasteiger partial charge in [-0.2, -0.15) is 13.2 Å². The van der Waals surface area contributed by atoms with Crippen molar-refractivity contribution < 1.29 is 18.0 Å². The Morgan fingerprint density at radius 2 is 1.92 bits per heavy atom. The molecule has 2 rings (SSSR count). The molecule has 0 spiro atoms. The highest BCUT2D eigenvalue weighted by molar-refractivity contribution is 5.95. The molecule has 0 bridgehead atoms. The van der Waals surface area contributed by atoms with Crippen LogP contribution in [0, 0.1) is 13.8 Å². The van der Waals surface area contributed by atoms with E-state index in [1.165, 1.54) is 23.0 Å². The summed E-state index contributed by atoms with van der Waals surface area (Å²) in [7, 11) is 0. The van der Waals surface area contributed by atoms with Gasteiger partial charge in [0.25, 0.3) is 11.5 Å². The molecular formula is C16H16F3N3O2. The zero-order valence-electron chi connectivity index (χ0n) is 13.1. The first-order valence-corrected chi connectivity index (χ1v) is 7.19. The molecule has 128 valence electrons. The second kappa shape index (κ2) is 6.86. The lowest BCUT2D eigenvalue weighted by atomic mass is 10.1. The van der Waals surface area contributed by atoms with Crippen LogP contribution in [0.1, 0.15) is 27.2 Å². The number of nitrogens with zero attached hydrogens (tertiary/aromatic N) is 2. The Balaban J connectivity index is 2.08. The maximum atomic E-state index is 12.9. The number of aromatic nitrogens is 2. The molecule has 1 N–H and O–H groups in total. The number of carbonyl (C=O) groups excluding carboxylic acids is 1. The van der Waals surface area contributed by atoms with Crippen LogP contribution in [0.15, 0.2) is 35.4 Å². The molecule has 0 aliphatic rings. The third-order valence-corrected chi connectivity index (χ3v) is 3.63. The van der Waals surface area contributed by atoms with Crippen LogP contribution in [0.25, 0.3) is 0 Å². The summed E-state index contributed by atoms with van der Waals surface area (Å²) < 4.78 is 40.0. The Kier molecular flexibility index (Phi) is 5.06. The molecule has 1 aromatic carbocycles. The molecule has 2 aromatic rings. The lowest BCUT2D eigenvalue weighted by Gasteiger charge is -2.13. The van der Waals surface area contributed by atoms with Crippen LogP contribution in [-0.4, -0.2) is 22.0 Å². The summed E-state index contributed by atoms with van der Waals surface area (Å²) in [4.78, 5) is 28.0. The van der Waals surface area contributed by atoms with E-state index in [2.05, 4.69) is 10.3 Å². The summed E-state index contributed by atoms with van der Waals surface area (Å²) in [6.45, 7) is 3.47. The summed E-state index contributed by atoms with van der Waals surface area (Å²) >= 11 is 0. The van der Waals surface area contributed by atoms with E-state index in [0.29, 0.717) is 11.3 Å². The highest BCUT2D eigenvalue weighted by Gasteiger charge is 2.34. The van der Waals surface area contributed by atoms with Crippen LogP contribution < -0.4 is 10.9 Å². The largest absolute Gasteiger partial charge is 0.417 e. The molecule has 24 heavy (non-hydrogen) atoms. The second-order valence-corrected chi connectivity index (χ2v) is 5.25. The number of aryl methyl sites for hydroxylation is 1. The summed E-state index contributed by atoms with van der Waals surface area (Å²) in [5.41, 5.74) is -0.582. The van der Waals surface area contributed by atoms with Crippen molar-refractivity contribution in [2.45, 2.75) is 26.6 Å². The fraction of sp³-hybridized carbons (Fsp3) is 0.312. The average molecular weight is 339 g/mol. The molecule has 0 aliphatic carbocycles. The van der Waals surface area contributed by atoms with Crippen molar-refractivity contribution >= 4 is 5.91 Å². The first-order valence-electron chi connectivity index (χ1n) is 7.19. The first kappa shape index (κ1) is 17.7. The standard InChI is InChI=1S/C16H16F3N3O2/c1-10-11(2)21-9-22(15(10)24)8-7-20-14(23)12-5-3-4-6-13(12)16(17,18)19/h3-6,9H,7-8H2,1-2H3,(H,20,23). The van der Waals surface area contributed by atoms with E-state index in [1.54, 1.807) is 13.8 Å². The van der Waals surface area contributed by atoms with Gasteiger partial charge in [0.15, 0.2) is 0 Å². The van der Waals surface area contributed by atoms with Crippen molar-refractivity contribution in [3.05, 3.63) is 63.3 Å². The predicted octanol–water partition coefficient (Wildman–Crippen LogP) is 2.31. The van der Waals surface area contributed by atoms with E-state index in [-0.39, 0.29) is 18.6 Å². The van der Waals surface area contributed by atoms with Gasteiger partial charge in [-0.3, -0.25) is 14.2 Å². The molecule has 0 fully saturated rings. The molecule has 8 heteroatoms. The molecule has 0 unspecified atom stereocenters. The van der Waals surface area contributed by atoms with Crippen molar-refractivity contribution in [3.63, 3.8) is 0 Å². The predicted molar refractivity (Wildman–Crippen MR) is 81.7 cm³/mol. The van der Waals surface area contributed by atoms with Gasteiger partial charge < -0.3 is 5.32 Å². The van der Waals surface area contributed by atoms with E-state index < -0.39 is 23.2 Å². The van der Waals surface area contributed by atoms with Crippen molar-refractivity contribution in [1.82, 2.24) is 14.9 Å². The smallest absolute Gasteiger partial charge is 0.350 e. The zero-order valence-corrected chi connectivity index (χ0v) is 13.1. The van der Waals surface area contributed by atoms with Gasteiger partial charge in [0.1, 0.15) is 0 Å². The SMILES string of the molecule is Cc1ncn(CCNC(=O)c2ccccc2C(F)(F)F)c(=O)c1C. The Labute approximate surface area is 136 Å². The molecule has 1 aromatic heterocycles. The van der Waals surface area contributed by atoms with Crippen LogP contribution in [-0.2, 0) is 12.7 Å². The number of nitrogens with one attached hydrogen (secondary N) is 1. The number of hydrogen-bond acceptors (Lipinski definition) is 3. The number of alkyl halides is 3. The fourth-order valence-electron chi connectivity index (χ4n) is 2.15. The van der Waals surface area contributed by atoms with E-state index in [1.807, 2.05) is 0 Å². The monoisotopic (exact) mass is 339 g/mol. The first-order chi connectivity index (χ1) is 11.2.